The highest BCUT2D eigenvalue weighted by atomic mass is 16.2. The number of benzene rings is 2. The Balaban J connectivity index is 1.50. The van der Waals surface area contributed by atoms with E-state index >= 15 is 0 Å². The van der Waals surface area contributed by atoms with Crippen LogP contribution in [0.15, 0.2) is 42.5 Å². The van der Waals surface area contributed by atoms with E-state index in [-0.39, 0.29) is 30.2 Å². The fourth-order valence-corrected chi connectivity index (χ4v) is 3.36. The van der Waals surface area contributed by atoms with Crippen molar-refractivity contribution in [2.75, 3.05) is 27.8 Å². The number of carbonyl (C=O) groups excluding carboxylic acids is 3. The van der Waals surface area contributed by atoms with Gasteiger partial charge in [-0.25, -0.2) is 0 Å². The molecule has 3 rings (SSSR count). The number of carbonyl (C=O) groups is 3. The molecule has 0 heterocycles. The van der Waals surface area contributed by atoms with Crippen LogP contribution in [-0.4, -0.2) is 24.3 Å². The second kappa shape index (κ2) is 11.3. The summed E-state index contributed by atoms with van der Waals surface area (Å²) in [4.78, 5) is 36.5. The lowest BCUT2D eigenvalue weighted by Gasteiger charge is -2.14. The van der Waals surface area contributed by atoms with E-state index in [2.05, 4.69) is 28.2 Å². The fourth-order valence-electron chi connectivity index (χ4n) is 3.36. The van der Waals surface area contributed by atoms with Gasteiger partial charge in [-0.05, 0) is 62.1 Å². The molecule has 2 aromatic carbocycles. The molecule has 7 heteroatoms. The molecule has 1 fully saturated rings. The van der Waals surface area contributed by atoms with Gasteiger partial charge in [0.15, 0.2) is 0 Å². The van der Waals surface area contributed by atoms with Crippen molar-refractivity contribution in [2.45, 2.75) is 52.4 Å². The van der Waals surface area contributed by atoms with E-state index < -0.39 is 0 Å². The third-order valence-corrected chi connectivity index (χ3v) is 5.42. The molecule has 32 heavy (non-hydrogen) atoms. The smallest absolute Gasteiger partial charge is 0.243 e. The lowest BCUT2D eigenvalue weighted by Crippen LogP contribution is -2.22. The van der Waals surface area contributed by atoms with E-state index in [0.717, 1.165) is 49.0 Å². The Bertz CT molecular complexity index is 969. The number of rotatable bonds is 11. The van der Waals surface area contributed by atoms with Crippen molar-refractivity contribution < 1.29 is 14.4 Å². The van der Waals surface area contributed by atoms with Gasteiger partial charge >= 0.3 is 0 Å². The molecule has 0 aliphatic heterocycles. The van der Waals surface area contributed by atoms with Gasteiger partial charge in [0.2, 0.25) is 17.7 Å². The quantitative estimate of drug-likeness (QED) is 0.376. The zero-order valence-corrected chi connectivity index (χ0v) is 18.8. The molecule has 0 spiro atoms. The molecular weight excluding hydrogens is 404 g/mol. The zero-order chi connectivity index (χ0) is 22.9. The van der Waals surface area contributed by atoms with E-state index in [1.165, 1.54) is 0 Å². The standard InChI is InChI=1S/C25H32N4O3/c1-3-4-5-12-23(30)27-19-8-6-9-20(15-19)28-24(31)16-26-21-10-7-11-22(17(21)2)29-25(32)18-13-14-18/h6-11,15,18,26H,3-5,12-14,16H2,1-2H3,(H,27,30)(H,28,31)(H,29,32). The molecule has 1 aliphatic carbocycles. The second-order valence-corrected chi connectivity index (χ2v) is 8.23. The molecule has 3 amide bonds. The number of amides is 3. The first-order valence-corrected chi connectivity index (χ1v) is 11.3. The third kappa shape index (κ3) is 7.11. The lowest BCUT2D eigenvalue weighted by molar-refractivity contribution is -0.117. The summed E-state index contributed by atoms with van der Waals surface area (Å²) in [5, 5.41) is 11.8. The average molecular weight is 437 g/mol. The van der Waals surface area contributed by atoms with E-state index in [1.807, 2.05) is 25.1 Å². The Labute approximate surface area is 189 Å². The topological polar surface area (TPSA) is 99.3 Å². The minimum Gasteiger partial charge on any atom is -0.376 e. The van der Waals surface area contributed by atoms with Gasteiger partial charge in [0.25, 0.3) is 0 Å². The number of unbranched alkanes of at least 4 members (excludes halogenated alkanes) is 2. The van der Waals surface area contributed by atoms with Crippen molar-refractivity contribution >= 4 is 40.5 Å². The average Bonchev–Trinajstić information content (AvgIpc) is 3.60. The highest BCUT2D eigenvalue weighted by Gasteiger charge is 2.29. The number of anilines is 4. The molecule has 0 bridgehead atoms. The number of nitrogens with one attached hydrogen (secondary N) is 4. The Morgan fingerprint density at radius 3 is 2.22 bits per heavy atom. The summed E-state index contributed by atoms with van der Waals surface area (Å²) in [7, 11) is 0. The number of hydrogen-bond donors (Lipinski definition) is 4. The van der Waals surface area contributed by atoms with Crippen LogP contribution < -0.4 is 21.3 Å². The predicted octanol–water partition coefficient (Wildman–Crippen LogP) is 4.91. The van der Waals surface area contributed by atoms with Gasteiger partial charge in [0.1, 0.15) is 0 Å². The maximum atomic E-state index is 12.4. The summed E-state index contributed by atoms with van der Waals surface area (Å²) in [6.45, 7) is 4.09. The minimum atomic E-state index is -0.205. The van der Waals surface area contributed by atoms with E-state index in [0.29, 0.717) is 17.8 Å². The first kappa shape index (κ1) is 23.3. The van der Waals surface area contributed by atoms with Crippen LogP contribution in [0.2, 0.25) is 0 Å². The van der Waals surface area contributed by atoms with Crippen LogP contribution in [-0.2, 0) is 14.4 Å². The Morgan fingerprint density at radius 1 is 0.875 bits per heavy atom. The van der Waals surface area contributed by atoms with Crippen LogP contribution in [0.4, 0.5) is 22.7 Å². The summed E-state index contributed by atoms with van der Waals surface area (Å²) in [6, 6.07) is 12.7. The maximum Gasteiger partial charge on any atom is 0.243 e. The van der Waals surface area contributed by atoms with Gasteiger partial charge in [0, 0.05) is 35.1 Å². The molecule has 0 saturated heterocycles. The highest BCUT2D eigenvalue weighted by molar-refractivity contribution is 5.97. The third-order valence-electron chi connectivity index (χ3n) is 5.42. The Morgan fingerprint density at radius 2 is 1.53 bits per heavy atom. The van der Waals surface area contributed by atoms with Crippen molar-refractivity contribution in [2.24, 2.45) is 5.92 Å². The normalized spacial score (nSPS) is 12.7. The van der Waals surface area contributed by atoms with Crippen molar-refractivity contribution in [3.63, 3.8) is 0 Å². The molecule has 1 saturated carbocycles. The molecule has 1 aliphatic rings. The molecule has 2 aromatic rings. The second-order valence-electron chi connectivity index (χ2n) is 8.23. The first-order valence-electron chi connectivity index (χ1n) is 11.3. The summed E-state index contributed by atoms with van der Waals surface area (Å²) < 4.78 is 0. The molecule has 170 valence electrons. The molecule has 0 radical (unpaired) electrons. The van der Waals surface area contributed by atoms with Gasteiger partial charge in [-0.1, -0.05) is 31.9 Å². The minimum absolute atomic E-state index is 0.0206. The van der Waals surface area contributed by atoms with Gasteiger partial charge in [-0.2, -0.15) is 0 Å². The maximum absolute atomic E-state index is 12.4. The summed E-state index contributed by atoms with van der Waals surface area (Å²) in [6.07, 6.45) is 5.37. The van der Waals surface area contributed by atoms with Gasteiger partial charge in [-0.15, -0.1) is 0 Å². The SMILES string of the molecule is CCCCCC(=O)Nc1cccc(NC(=O)CNc2cccc(NC(=O)C3CC3)c2C)c1. The van der Waals surface area contributed by atoms with Crippen LogP contribution in [0.1, 0.15) is 51.0 Å². The van der Waals surface area contributed by atoms with Crippen molar-refractivity contribution in [1.29, 1.82) is 0 Å². The number of hydrogen-bond acceptors (Lipinski definition) is 4. The summed E-state index contributed by atoms with van der Waals surface area (Å²) in [5.41, 5.74) is 3.72. The Hall–Kier alpha value is -3.35. The van der Waals surface area contributed by atoms with Gasteiger partial charge in [0.05, 0.1) is 6.54 Å². The van der Waals surface area contributed by atoms with E-state index in [4.69, 9.17) is 0 Å². The zero-order valence-electron chi connectivity index (χ0n) is 18.8. The Kier molecular flexibility index (Phi) is 8.25. The van der Waals surface area contributed by atoms with Gasteiger partial charge < -0.3 is 21.3 Å². The van der Waals surface area contributed by atoms with Crippen molar-refractivity contribution in [3.8, 4) is 0 Å². The molecule has 0 aromatic heterocycles. The van der Waals surface area contributed by atoms with Crippen LogP contribution in [0.3, 0.4) is 0 Å². The van der Waals surface area contributed by atoms with Crippen LogP contribution in [0, 0.1) is 12.8 Å². The summed E-state index contributed by atoms with van der Waals surface area (Å²) >= 11 is 0. The highest BCUT2D eigenvalue weighted by Crippen LogP contribution is 2.31. The monoisotopic (exact) mass is 436 g/mol. The first-order chi connectivity index (χ1) is 15.5. The predicted molar refractivity (Wildman–Crippen MR) is 129 cm³/mol. The fraction of sp³-hybridized carbons (Fsp3) is 0.400. The lowest BCUT2D eigenvalue weighted by atomic mass is 10.1. The van der Waals surface area contributed by atoms with Crippen molar-refractivity contribution in [3.05, 3.63) is 48.0 Å². The van der Waals surface area contributed by atoms with Crippen LogP contribution in [0.5, 0.6) is 0 Å². The molecule has 0 unspecified atom stereocenters. The van der Waals surface area contributed by atoms with E-state index in [9.17, 15) is 14.4 Å². The van der Waals surface area contributed by atoms with Crippen molar-refractivity contribution in [1.82, 2.24) is 0 Å². The molecule has 7 nitrogen and oxygen atoms in total. The molecular formula is C25H32N4O3. The van der Waals surface area contributed by atoms with E-state index in [1.54, 1.807) is 24.3 Å². The van der Waals surface area contributed by atoms with Crippen LogP contribution >= 0.6 is 0 Å². The molecule has 0 atom stereocenters. The van der Waals surface area contributed by atoms with Crippen LogP contribution in [0.25, 0.3) is 0 Å². The largest absolute Gasteiger partial charge is 0.376 e. The van der Waals surface area contributed by atoms with Gasteiger partial charge in [-0.3, -0.25) is 14.4 Å². The summed E-state index contributed by atoms with van der Waals surface area (Å²) in [5.74, 6) is -0.0371. The molecule has 4 N–H and O–H groups in total.